The second-order valence-corrected chi connectivity index (χ2v) is 7.26. The van der Waals surface area contributed by atoms with Crippen molar-refractivity contribution in [3.63, 3.8) is 0 Å². The van der Waals surface area contributed by atoms with Crippen LogP contribution in [-0.2, 0) is 6.54 Å². The van der Waals surface area contributed by atoms with Gasteiger partial charge in [0, 0.05) is 53.3 Å². The monoisotopic (exact) mass is 351 g/mol. The molecule has 1 aromatic carbocycles. The van der Waals surface area contributed by atoms with Crippen LogP contribution in [0, 0.1) is 0 Å². The molecule has 3 rings (SSSR count). The van der Waals surface area contributed by atoms with Gasteiger partial charge < -0.3 is 5.32 Å². The van der Waals surface area contributed by atoms with Crippen LogP contribution in [0.3, 0.4) is 0 Å². The van der Waals surface area contributed by atoms with Gasteiger partial charge in [0.25, 0.3) is 0 Å². The third kappa shape index (κ3) is 3.47. The largest absolute Gasteiger partial charge is 0.312 e. The fourth-order valence-electron chi connectivity index (χ4n) is 2.48. The zero-order valence-corrected chi connectivity index (χ0v) is 13.9. The number of benzene rings is 1. The van der Waals surface area contributed by atoms with Crippen molar-refractivity contribution in [2.24, 2.45) is 0 Å². The van der Waals surface area contributed by atoms with E-state index in [0.29, 0.717) is 6.04 Å². The number of piperazine rings is 1. The first-order valence-corrected chi connectivity index (χ1v) is 8.48. The molecule has 0 bridgehead atoms. The van der Waals surface area contributed by atoms with Gasteiger partial charge >= 0.3 is 0 Å². The molecule has 0 amide bonds. The Balaban J connectivity index is 1.69. The maximum atomic E-state index is 4.56. The predicted molar refractivity (Wildman–Crippen MR) is 88.0 cm³/mol. The molecule has 1 aliphatic heterocycles. The first kappa shape index (κ1) is 14.2. The van der Waals surface area contributed by atoms with Crippen LogP contribution in [0.4, 0.5) is 0 Å². The molecule has 1 N–H and O–H groups in total. The second kappa shape index (κ2) is 6.35. The number of hydrogen-bond acceptors (Lipinski definition) is 4. The van der Waals surface area contributed by atoms with Gasteiger partial charge in [-0.2, -0.15) is 0 Å². The summed E-state index contributed by atoms with van der Waals surface area (Å²) in [6, 6.07) is 8.93. The molecule has 1 atom stereocenters. The lowest BCUT2D eigenvalue weighted by molar-refractivity contribution is 0.201. The summed E-state index contributed by atoms with van der Waals surface area (Å²) in [7, 11) is 0. The smallest absolute Gasteiger partial charge is 0.123 e. The molecule has 106 valence electrons. The van der Waals surface area contributed by atoms with Crippen LogP contribution in [0.15, 0.2) is 34.9 Å². The standard InChI is InChI=1S/C15H18BrN3S/c1-11-9-19(7-6-17-11)10-14-8-18-15(20-14)12-2-4-13(16)5-3-12/h2-5,8,11,17H,6-7,9-10H2,1H3/t11-/m1/s1. The molecule has 0 unspecified atom stereocenters. The van der Waals surface area contributed by atoms with Gasteiger partial charge in [0.15, 0.2) is 0 Å². The SMILES string of the molecule is C[C@@H]1CN(Cc2cnc(-c3ccc(Br)cc3)s2)CCN1. The van der Waals surface area contributed by atoms with Crippen molar-refractivity contribution in [3.05, 3.63) is 39.8 Å². The lowest BCUT2D eigenvalue weighted by Crippen LogP contribution is -2.48. The Hall–Kier alpha value is -0.750. The van der Waals surface area contributed by atoms with Gasteiger partial charge in [-0.3, -0.25) is 4.90 Å². The third-order valence-electron chi connectivity index (χ3n) is 3.48. The van der Waals surface area contributed by atoms with E-state index in [2.05, 4.69) is 62.3 Å². The third-order valence-corrected chi connectivity index (χ3v) is 5.04. The van der Waals surface area contributed by atoms with Gasteiger partial charge in [-0.15, -0.1) is 11.3 Å². The highest BCUT2D eigenvalue weighted by atomic mass is 79.9. The molecule has 2 heterocycles. The maximum absolute atomic E-state index is 4.56. The summed E-state index contributed by atoms with van der Waals surface area (Å²) >= 11 is 5.26. The van der Waals surface area contributed by atoms with Crippen LogP contribution < -0.4 is 5.32 Å². The summed E-state index contributed by atoms with van der Waals surface area (Å²) in [5, 5.41) is 4.58. The highest BCUT2D eigenvalue weighted by molar-refractivity contribution is 9.10. The van der Waals surface area contributed by atoms with Gasteiger partial charge in [0.1, 0.15) is 5.01 Å². The summed E-state index contributed by atoms with van der Waals surface area (Å²) in [6.07, 6.45) is 2.02. The fraction of sp³-hybridized carbons (Fsp3) is 0.400. The Labute approximate surface area is 132 Å². The zero-order valence-electron chi connectivity index (χ0n) is 11.5. The average Bonchev–Trinajstić information content (AvgIpc) is 2.88. The highest BCUT2D eigenvalue weighted by Crippen LogP contribution is 2.27. The first-order chi connectivity index (χ1) is 9.70. The minimum Gasteiger partial charge on any atom is -0.312 e. The molecule has 0 saturated carbocycles. The molecule has 1 fully saturated rings. The van der Waals surface area contributed by atoms with Crippen LogP contribution in [0.25, 0.3) is 10.6 Å². The molecular weight excluding hydrogens is 334 g/mol. The Morgan fingerprint density at radius 1 is 1.40 bits per heavy atom. The van der Waals surface area contributed by atoms with E-state index in [-0.39, 0.29) is 0 Å². The number of nitrogens with zero attached hydrogens (tertiary/aromatic N) is 2. The van der Waals surface area contributed by atoms with E-state index in [0.717, 1.165) is 35.7 Å². The van der Waals surface area contributed by atoms with Crippen LogP contribution in [0.2, 0.25) is 0 Å². The van der Waals surface area contributed by atoms with E-state index < -0.39 is 0 Å². The molecule has 1 aliphatic rings. The van der Waals surface area contributed by atoms with Crippen molar-refractivity contribution in [1.29, 1.82) is 0 Å². The van der Waals surface area contributed by atoms with Crippen molar-refractivity contribution in [3.8, 4) is 10.6 Å². The Bertz CT molecular complexity index is 567. The van der Waals surface area contributed by atoms with Crippen LogP contribution in [-0.4, -0.2) is 35.6 Å². The molecule has 0 spiro atoms. The first-order valence-electron chi connectivity index (χ1n) is 6.87. The number of hydrogen-bond donors (Lipinski definition) is 1. The molecule has 2 aromatic rings. The van der Waals surface area contributed by atoms with E-state index in [1.807, 2.05) is 6.20 Å². The van der Waals surface area contributed by atoms with E-state index >= 15 is 0 Å². The molecule has 5 heteroatoms. The molecule has 3 nitrogen and oxygen atoms in total. The van der Waals surface area contributed by atoms with Crippen molar-refractivity contribution in [2.45, 2.75) is 19.5 Å². The molecular formula is C15H18BrN3S. The highest BCUT2D eigenvalue weighted by Gasteiger charge is 2.16. The lowest BCUT2D eigenvalue weighted by Gasteiger charge is -2.31. The summed E-state index contributed by atoms with van der Waals surface area (Å²) in [5.74, 6) is 0. The van der Waals surface area contributed by atoms with Gasteiger partial charge in [0.05, 0.1) is 0 Å². The Kier molecular flexibility index (Phi) is 4.51. The summed E-state index contributed by atoms with van der Waals surface area (Å²) in [6.45, 7) is 6.58. The fourth-order valence-corrected chi connectivity index (χ4v) is 3.71. The van der Waals surface area contributed by atoms with Gasteiger partial charge in [-0.25, -0.2) is 4.98 Å². The summed E-state index contributed by atoms with van der Waals surface area (Å²) < 4.78 is 1.10. The molecule has 0 radical (unpaired) electrons. The topological polar surface area (TPSA) is 28.2 Å². The van der Waals surface area contributed by atoms with Crippen molar-refractivity contribution in [2.75, 3.05) is 19.6 Å². The number of thiazole rings is 1. The molecule has 20 heavy (non-hydrogen) atoms. The molecule has 1 saturated heterocycles. The Morgan fingerprint density at radius 2 is 2.20 bits per heavy atom. The normalized spacial score (nSPS) is 20.2. The van der Waals surface area contributed by atoms with Crippen LogP contribution in [0.5, 0.6) is 0 Å². The number of nitrogens with one attached hydrogen (secondary N) is 1. The van der Waals surface area contributed by atoms with Gasteiger partial charge in [-0.05, 0) is 19.1 Å². The molecule has 0 aliphatic carbocycles. The van der Waals surface area contributed by atoms with Crippen molar-refractivity contribution in [1.82, 2.24) is 15.2 Å². The Morgan fingerprint density at radius 3 is 2.95 bits per heavy atom. The van der Waals surface area contributed by atoms with Crippen LogP contribution in [0.1, 0.15) is 11.8 Å². The van der Waals surface area contributed by atoms with E-state index in [9.17, 15) is 0 Å². The second-order valence-electron chi connectivity index (χ2n) is 5.23. The quantitative estimate of drug-likeness (QED) is 0.918. The van der Waals surface area contributed by atoms with E-state index in [1.54, 1.807) is 11.3 Å². The number of rotatable bonds is 3. The number of halogens is 1. The predicted octanol–water partition coefficient (Wildman–Crippen LogP) is 3.37. The zero-order chi connectivity index (χ0) is 13.9. The van der Waals surface area contributed by atoms with Gasteiger partial charge in [-0.1, -0.05) is 28.1 Å². The van der Waals surface area contributed by atoms with E-state index in [1.165, 1.54) is 10.4 Å². The van der Waals surface area contributed by atoms with Crippen molar-refractivity contribution < 1.29 is 0 Å². The molecule has 1 aromatic heterocycles. The van der Waals surface area contributed by atoms with Gasteiger partial charge in [0.2, 0.25) is 0 Å². The minimum atomic E-state index is 0.586. The number of aromatic nitrogens is 1. The maximum Gasteiger partial charge on any atom is 0.123 e. The summed E-state index contributed by atoms with van der Waals surface area (Å²) in [5.41, 5.74) is 1.19. The lowest BCUT2D eigenvalue weighted by atomic mass is 10.2. The van der Waals surface area contributed by atoms with Crippen LogP contribution >= 0.6 is 27.3 Å². The van der Waals surface area contributed by atoms with Crippen molar-refractivity contribution >= 4 is 27.3 Å². The minimum absolute atomic E-state index is 0.586. The van der Waals surface area contributed by atoms with E-state index in [4.69, 9.17) is 0 Å². The average molecular weight is 352 g/mol. The summed E-state index contributed by atoms with van der Waals surface area (Å²) in [4.78, 5) is 8.41.